The van der Waals surface area contributed by atoms with Gasteiger partial charge in [-0.3, -0.25) is 4.79 Å². The second-order valence-electron chi connectivity index (χ2n) is 5.09. The van der Waals surface area contributed by atoms with Gasteiger partial charge in [0.2, 0.25) is 0 Å². The van der Waals surface area contributed by atoms with Crippen LogP contribution in [0.15, 0.2) is 0 Å². The lowest BCUT2D eigenvalue weighted by Gasteiger charge is -2.41. The molecule has 0 amide bonds. The second kappa shape index (κ2) is 6.89. The first-order valence-corrected chi connectivity index (χ1v) is 6.61. The average molecular weight is 227 g/mol. The Labute approximate surface area is 98.6 Å². The summed E-state index contributed by atoms with van der Waals surface area (Å²) in [7, 11) is 0. The minimum Gasteiger partial charge on any atom is -0.481 e. The molecule has 0 saturated heterocycles. The van der Waals surface area contributed by atoms with Crippen LogP contribution in [0.3, 0.4) is 0 Å². The monoisotopic (exact) mass is 227 g/mol. The standard InChI is InChI=1S/C13H25NO2/c1-2-13(8-6-9-13)11-14-10-5-3-4-7-12(15)16/h14H,2-11H2,1H3,(H,15,16). The van der Waals surface area contributed by atoms with E-state index in [1.54, 1.807) is 0 Å². The van der Waals surface area contributed by atoms with Crippen LogP contribution in [0.5, 0.6) is 0 Å². The Bertz CT molecular complexity index is 206. The van der Waals surface area contributed by atoms with E-state index in [2.05, 4.69) is 12.2 Å². The van der Waals surface area contributed by atoms with Gasteiger partial charge in [0, 0.05) is 13.0 Å². The zero-order chi connectivity index (χ0) is 11.9. The van der Waals surface area contributed by atoms with Crippen molar-refractivity contribution in [3.63, 3.8) is 0 Å². The van der Waals surface area contributed by atoms with Crippen LogP contribution < -0.4 is 5.32 Å². The van der Waals surface area contributed by atoms with Crippen molar-refractivity contribution in [1.29, 1.82) is 0 Å². The highest BCUT2D eigenvalue weighted by Gasteiger charge is 2.34. The SMILES string of the molecule is CCC1(CNCCCCCC(=O)O)CCC1. The van der Waals surface area contributed by atoms with Gasteiger partial charge in [-0.1, -0.05) is 19.8 Å². The Morgan fingerprint density at radius 3 is 2.56 bits per heavy atom. The van der Waals surface area contributed by atoms with E-state index < -0.39 is 5.97 Å². The Hall–Kier alpha value is -0.570. The molecule has 3 heteroatoms. The maximum Gasteiger partial charge on any atom is 0.303 e. The molecular weight excluding hydrogens is 202 g/mol. The zero-order valence-electron chi connectivity index (χ0n) is 10.4. The number of rotatable bonds is 9. The van der Waals surface area contributed by atoms with Gasteiger partial charge in [0.15, 0.2) is 0 Å². The van der Waals surface area contributed by atoms with Gasteiger partial charge in [-0.25, -0.2) is 0 Å². The van der Waals surface area contributed by atoms with Gasteiger partial charge in [0.05, 0.1) is 0 Å². The molecule has 0 radical (unpaired) electrons. The van der Waals surface area contributed by atoms with E-state index >= 15 is 0 Å². The molecule has 1 rings (SSSR count). The lowest BCUT2D eigenvalue weighted by molar-refractivity contribution is -0.137. The predicted octanol–water partition coefficient (Wildman–Crippen LogP) is 2.80. The third-order valence-electron chi connectivity index (χ3n) is 3.91. The molecule has 94 valence electrons. The normalized spacial score (nSPS) is 18.1. The van der Waals surface area contributed by atoms with Gasteiger partial charge in [0.25, 0.3) is 0 Å². The van der Waals surface area contributed by atoms with E-state index in [1.165, 1.54) is 25.7 Å². The summed E-state index contributed by atoms with van der Waals surface area (Å²) in [6.45, 7) is 4.48. The van der Waals surface area contributed by atoms with Crippen molar-refractivity contribution in [2.24, 2.45) is 5.41 Å². The minimum absolute atomic E-state index is 0.318. The molecule has 1 saturated carbocycles. The molecule has 2 N–H and O–H groups in total. The molecule has 0 aliphatic heterocycles. The molecule has 0 spiro atoms. The Morgan fingerprint density at radius 1 is 1.31 bits per heavy atom. The van der Waals surface area contributed by atoms with E-state index in [4.69, 9.17) is 5.11 Å². The van der Waals surface area contributed by atoms with Crippen LogP contribution in [0.4, 0.5) is 0 Å². The van der Waals surface area contributed by atoms with Crippen molar-refractivity contribution >= 4 is 5.97 Å². The van der Waals surface area contributed by atoms with Crippen LogP contribution >= 0.6 is 0 Å². The molecule has 1 aliphatic carbocycles. The number of hydrogen-bond donors (Lipinski definition) is 2. The highest BCUT2D eigenvalue weighted by Crippen LogP contribution is 2.42. The molecule has 0 unspecified atom stereocenters. The smallest absolute Gasteiger partial charge is 0.303 e. The minimum atomic E-state index is -0.674. The zero-order valence-corrected chi connectivity index (χ0v) is 10.4. The quantitative estimate of drug-likeness (QED) is 0.595. The average Bonchev–Trinajstić information content (AvgIpc) is 2.19. The van der Waals surface area contributed by atoms with Gasteiger partial charge >= 0.3 is 5.97 Å². The second-order valence-corrected chi connectivity index (χ2v) is 5.09. The maximum absolute atomic E-state index is 10.3. The van der Waals surface area contributed by atoms with Crippen LogP contribution in [-0.4, -0.2) is 24.2 Å². The molecule has 0 aromatic rings. The highest BCUT2D eigenvalue weighted by atomic mass is 16.4. The molecule has 1 aliphatic rings. The van der Waals surface area contributed by atoms with Gasteiger partial charge in [0.1, 0.15) is 0 Å². The summed E-state index contributed by atoms with van der Waals surface area (Å²) in [6, 6.07) is 0. The summed E-state index contributed by atoms with van der Waals surface area (Å²) >= 11 is 0. The number of unbranched alkanes of at least 4 members (excludes halogenated alkanes) is 2. The lowest BCUT2D eigenvalue weighted by Crippen LogP contribution is -2.39. The topological polar surface area (TPSA) is 49.3 Å². The van der Waals surface area contributed by atoms with Crippen LogP contribution in [-0.2, 0) is 4.79 Å². The number of carboxylic acid groups (broad SMARTS) is 1. The largest absolute Gasteiger partial charge is 0.481 e. The summed E-state index contributed by atoms with van der Waals surface area (Å²) in [6.07, 6.45) is 8.72. The summed E-state index contributed by atoms with van der Waals surface area (Å²) in [5.74, 6) is -0.674. The van der Waals surface area contributed by atoms with E-state index in [0.717, 1.165) is 32.4 Å². The summed E-state index contributed by atoms with van der Waals surface area (Å²) in [5.41, 5.74) is 0.598. The Morgan fingerprint density at radius 2 is 2.06 bits per heavy atom. The first-order valence-electron chi connectivity index (χ1n) is 6.61. The van der Waals surface area contributed by atoms with Gasteiger partial charge < -0.3 is 10.4 Å². The molecular formula is C13H25NO2. The van der Waals surface area contributed by atoms with E-state index in [0.29, 0.717) is 11.8 Å². The first-order chi connectivity index (χ1) is 7.68. The molecule has 16 heavy (non-hydrogen) atoms. The molecule has 0 bridgehead atoms. The molecule has 1 fully saturated rings. The van der Waals surface area contributed by atoms with Gasteiger partial charge in [-0.2, -0.15) is 0 Å². The van der Waals surface area contributed by atoms with Gasteiger partial charge in [-0.15, -0.1) is 0 Å². The number of carboxylic acids is 1. The fraction of sp³-hybridized carbons (Fsp3) is 0.923. The number of nitrogens with one attached hydrogen (secondary N) is 1. The van der Waals surface area contributed by atoms with Crippen LogP contribution in [0.25, 0.3) is 0 Å². The molecule has 0 heterocycles. The maximum atomic E-state index is 10.3. The van der Waals surface area contributed by atoms with Crippen molar-refractivity contribution in [2.75, 3.05) is 13.1 Å². The highest BCUT2D eigenvalue weighted by molar-refractivity contribution is 5.66. The van der Waals surface area contributed by atoms with E-state index in [9.17, 15) is 4.79 Å². The summed E-state index contributed by atoms with van der Waals surface area (Å²) < 4.78 is 0. The Kier molecular flexibility index (Phi) is 5.81. The number of aliphatic carboxylic acids is 1. The van der Waals surface area contributed by atoms with Crippen LogP contribution in [0, 0.1) is 5.41 Å². The molecule has 3 nitrogen and oxygen atoms in total. The predicted molar refractivity (Wildman–Crippen MR) is 65.5 cm³/mol. The van der Waals surface area contributed by atoms with Gasteiger partial charge in [-0.05, 0) is 44.1 Å². The van der Waals surface area contributed by atoms with E-state index in [1.807, 2.05) is 0 Å². The fourth-order valence-corrected chi connectivity index (χ4v) is 2.39. The lowest BCUT2D eigenvalue weighted by atomic mass is 9.67. The van der Waals surface area contributed by atoms with E-state index in [-0.39, 0.29) is 0 Å². The third kappa shape index (κ3) is 4.52. The van der Waals surface area contributed by atoms with Crippen LogP contribution in [0.1, 0.15) is 58.3 Å². The van der Waals surface area contributed by atoms with Crippen molar-refractivity contribution in [2.45, 2.75) is 58.3 Å². The Balaban J connectivity index is 1.90. The molecule has 0 aromatic heterocycles. The fourth-order valence-electron chi connectivity index (χ4n) is 2.39. The van der Waals surface area contributed by atoms with Crippen LogP contribution in [0.2, 0.25) is 0 Å². The van der Waals surface area contributed by atoms with Crippen molar-refractivity contribution in [3.8, 4) is 0 Å². The van der Waals surface area contributed by atoms with Crippen molar-refractivity contribution in [3.05, 3.63) is 0 Å². The van der Waals surface area contributed by atoms with Crippen molar-refractivity contribution in [1.82, 2.24) is 5.32 Å². The third-order valence-corrected chi connectivity index (χ3v) is 3.91. The first kappa shape index (κ1) is 13.5. The summed E-state index contributed by atoms with van der Waals surface area (Å²) in [4.78, 5) is 10.3. The number of hydrogen-bond acceptors (Lipinski definition) is 2. The molecule has 0 atom stereocenters. The summed E-state index contributed by atoms with van der Waals surface area (Å²) in [5, 5.41) is 12.0. The number of carbonyl (C=O) groups is 1. The van der Waals surface area contributed by atoms with Crippen molar-refractivity contribution < 1.29 is 9.90 Å². The molecule has 0 aromatic carbocycles.